The van der Waals surface area contributed by atoms with Gasteiger partial charge in [0.25, 0.3) is 0 Å². The van der Waals surface area contributed by atoms with Crippen molar-refractivity contribution in [1.82, 2.24) is 0 Å². The van der Waals surface area contributed by atoms with E-state index in [1.54, 1.807) is 0 Å². The second kappa shape index (κ2) is 11.3. The van der Waals surface area contributed by atoms with E-state index in [0.29, 0.717) is 0 Å². The van der Waals surface area contributed by atoms with E-state index in [9.17, 15) is 0 Å². The second-order valence-electron chi connectivity index (χ2n) is 3.47. The highest BCUT2D eigenvalue weighted by atomic mass is 14.8. The first-order valence-corrected chi connectivity index (χ1v) is 6.44. The maximum atomic E-state index is 4.52. The molecule has 0 saturated carbocycles. The summed E-state index contributed by atoms with van der Waals surface area (Å²) in [6, 6.07) is 0. The molecule has 0 N–H and O–H groups in total. The molecule has 0 unspecified atom stereocenters. The van der Waals surface area contributed by atoms with Crippen molar-refractivity contribution >= 4 is 11.4 Å². The molecule has 0 aromatic heterocycles. The normalized spacial score (nSPS) is 14.4. The van der Waals surface area contributed by atoms with Crippen LogP contribution in [0, 0.1) is 0 Å². The molecule has 0 bridgehead atoms. The molecule has 0 aromatic rings. The molecule has 2 heteroatoms. The predicted octanol–water partition coefficient (Wildman–Crippen LogP) is 5.17. The Bertz CT molecular complexity index is 318. The van der Waals surface area contributed by atoms with E-state index in [0.717, 1.165) is 29.2 Å². The van der Waals surface area contributed by atoms with Gasteiger partial charge in [0, 0.05) is 11.4 Å². The van der Waals surface area contributed by atoms with Gasteiger partial charge >= 0.3 is 0 Å². The number of nitrogens with zero attached hydrogens (tertiary/aromatic N) is 2. The Morgan fingerprint density at radius 3 is 1.65 bits per heavy atom. The monoisotopic (exact) mass is 236 g/mol. The van der Waals surface area contributed by atoms with Gasteiger partial charge in [-0.3, -0.25) is 9.98 Å². The molecule has 0 aliphatic carbocycles. The van der Waals surface area contributed by atoms with Crippen LogP contribution in [-0.4, -0.2) is 11.4 Å². The third-order valence-electron chi connectivity index (χ3n) is 2.24. The van der Waals surface area contributed by atoms with Gasteiger partial charge in [-0.1, -0.05) is 32.9 Å². The fraction of sp³-hybridized carbons (Fsp3) is 0.600. The molecule has 0 spiro atoms. The second-order valence-corrected chi connectivity index (χ2v) is 3.47. The summed E-state index contributed by atoms with van der Waals surface area (Å²) in [5.41, 5.74) is 4.15. The van der Waals surface area contributed by atoms with Gasteiger partial charge in [0.2, 0.25) is 0 Å². The first-order chi connectivity index (χ1) is 8.04. The van der Waals surface area contributed by atoms with Crippen LogP contribution in [0.2, 0.25) is 0 Å². The van der Waals surface area contributed by atoms with Crippen molar-refractivity contribution in [2.45, 2.75) is 61.8 Å². The number of allylic oxidation sites excluding steroid dienone is 4. The van der Waals surface area contributed by atoms with Gasteiger partial charge in [0.05, 0.1) is 11.4 Å². The van der Waals surface area contributed by atoms with E-state index in [1.807, 2.05) is 60.6 Å². The largest absolute Gasteiger partial charge is 0.257 e. The highest BCUT2D eigenvalue weighted by molar-refractivity contribution is 6.41. The van der Waals surface area contributed by atoms with Gasteiger partial charge in [0.15, 0.2) is 0 Å². The molecule has 0 atom stereocenters. The number of hydrogen-bond donors (Lipinski definition) is 0. The summed E-state index contributed by atoms with van der Waals surface area (Å²) < 4.78 is 0. The topological polar surface area (TPSA) is 24.7 Å². The summed E-state index contributed by atoms with van der Waals surface area (Å²) in [6.07, 6.45) is 4.92. The van der Waals surface area contributed by atoms with Gasteiger partial charge in [-0.2, -0.15) is 0 Å². The third kappa shape index (κ3) is 8.61. The zero-order valence-corrected chi connectivity index (χ0v) is 12.8. The van der Waals surface area contributed by atoms with Crippen molar-refractivity contribution in [3.8, 4) is 0 Å². The highest BCUT2D eigenvalue weighted by Gasteiger charge is 2.01. The Hall–Kier alpha value is -1.18. The average molecular weight is 236 g/mol. The van der Waals surface area contributed by atoms with Gasteiger partial charge < -0.3 is 0 Å². The van der Waals surface area contributed by atoms with Crippen molar-refractivity contribution in [3.05, 3.63) is 23.5 Å². The summed E-state index contributed by atoms with van der Waals surface area (Å²) in [5, 5.41) is 0. The Balaban J connectivity index is 0. The van der Waals surface area contributed by atoms with Crippen LogP contribution < -0.4 is 0 Å². The predicted molar refractivity (Wildman–Crippen MR) is 81.0 cm³/mol. The minimum Gasteiger partial charge on any atom is -0.257 e. The number of hydrogen-bond acceptors (Lipinski definition) is 2. The van der Waals surface area contributed by atoms with E-state index >= 15 is 0 Å². The molecule has 0 amide bonds. The van der Waals surface area contributed by atoms with Crippen LogP contribution in [0.25, 0.3) is 0 Å². The van der Waals surface area contributed by atoms with Crippen LogP contribution in [0.4, 0.5) is 0 Å². The van der Waals surface area contributed by atoms with Crippen molar-refractivity contribution < 1.29 is 0 Å². The lowest BCUT2D eigenvalue weighted by Gasteiger charge is -2.04. The number of rotatable bonds is 4. The van der Waals surface area contributed by atoms with E-state index in [2.05, 4.69) is 16.9 Å². The lowest BCUT2D eigenvalue weighted by Crippen LogP contribution is -2.09. The van der Waals surface area contributed by atoms with E-state index < -0.39 is 0 Å². The molecule has 0 aliphatic heterocycles. The van der Waals surface area contributed by atoms with Crippen LogP contribution in [-0.2, 0) is 0 Å². The summed E-state index contributed by atoms with van der Waals surface area (Å²) in [4.78, 5) is 8.99. The standard InChI is InChI=1S/C13H22N2.C2H6/c1-7-10(4)14-12(6)13(9-3)15-11(5)8-2;1-2/h7-8H,9H2,1-6H3;1-2H3/b10-7-,11-8-,14-12?,15-13?;. The fourth-order valence-electron chi connectivity index (χ4n) is 1.09. The van der Waals surface area contributed by atoms with Crippen LogP contribution >= 0.6 is 0 Å². The average Bonchev–Trinajstić information content (AvgIpc) is 2.37. The van der Waals surface area contributed by atoms with Crippen LogP contribution in [0.1, 0.15) is 61.8 Å². The van der Waals surface area contributed by atoms with Crippen LogP contribution in [0.15, 0.2) is 33.5 Å². The van der Waals surface area contributed by atoms with Gasteiger partial charge in [-0.25, -0.2) is 0 Å². The summed E-state index contributed by atoms with van der Waals surface area (Å²) in [6.45, 7) is 16.1. The molecule has 0 aromatic carbocycles. The molecule has 2 nitrogen and oxygen atoms in total. The van der Waals surface area contributed by atoms with Gasteiger partial charge in [-0.05, 0) is 41.0 Å². The van der Waals surface area contributed by atoms with Crippen molar-refractivity contribution in [3.63, 3.8) is 0 Å². The molecule has 98 valence electrons. The van der Waals surface area contributed by atoms with Crippen LogP contribution in [0.3, 0.4) is 0 Å². The molecular formula is C15H28N2. The SMILES string of the molecule is C/C=C(/C)N=C(C)C(CC)=N/C(C)=C\C.CC. The highest BCUT2D eigenvalue weighted by Crippen LogP contribution is 2.02. The lowest BCUT2D eigenvalue weighted by atomic mass is 10.2. The first-order valence-electron chi connectivity index (χ1n) is 6.44. The van der Waals surface area contributed by atoms with E-state index in [-0.39, 0.29) is 0 Å². The first kappa shape index (κ1) is 18.2. The zero-order valence-electron chi connectivity index (χ0n) is 12.8. The molecule has 0 radical (unpaired) electrons. The maximum absolute atomic E-state index is 4.52. The summed E-state index contributed by atoms with van der Waals surface area (Å²) in [7, 11) is 0. The molecule has 0 heterocycles. The molecule has 17 heavy (non-hydrogen) atoms. The minimum absolute atomic E-state index is 0.914. The Morgan fingerprint density at radius 1 is 0.882 bits per heavy atom. The molecule has 0 saturated heterocycles. The smallest absolute Gasteiger partial charge is 0.0615 e. The van der Waals surface area contributed by atoms with Crippen molar-refractivity contribution in [2.75, 3.05) is 0 Å². The zero-order chi connectivity index (χ0) is 13.8. The Labute approximate surface area is 107 Å². The number of aliphatic imine (C=N–C) groups is 2. The quantitative estimate of drug-likeness (QED) is 0.601. The van der Waals surface area contributed by atoms with Gasteiger partial charge in [-0.15, -0.1) is 0 Å². The van der Waals surface area contributed by atoms with E-state index in [4.69, 9.17) is 0 Å². The fourth-order valence-corrected chi connectivity index (χ4v) is 1.09. The van der Waals surface area contributed by atoms with Gasteiger partial charge in [0.1, 0.15) is 0 Å². The Morgan fingerprint density at radius 2 is 1.29 bits per heavy atom. The molecule has 0 aliphatic rings. The third-order valence-corrected chi connectivity index (χ3v) is 2.24. The molecule has 0 rings (SSSR count). The Kier molecular flexibility index (Phi) is 12.1. The molecule has 0 fully saturated rings. The van der Waals surface area contributed by atoms with Crippen molar-refractivity contribution in [1.29, 1.82) is 0 Å². The minimum atomic E-state index is 0.914. The maximum Gasteiger partial charge on any atom is 0.0615 e. The molecular weight excluding hydrogens is 208 g/mol. The van der Waals surface area contributed by atoms with Crippen molar-refractivity contribution in [2.24, 2.45) is 9.98 Å². The van der Waals surface area contributed by atoms with E-state index in [1.165, 1.54) is 0 Å². The summed E-state index contributed by atoms with van der Waals surface area (Å²) in [5.74, 6) is 0. The summed E-state index contributed by atoms with van der Waals surface area (Å²) >= 11 is 0. The lowest BCUT2D eigenvalue weighted by molar-refractivity contribution is 1.21. The van der Waals surface area contributed by atoms with Crippen LogP contribution in [0.5, 0.6) is 0 Å².